The maximum Gasteiger partial charge on any atom is 0.128 e. The number of fused-ring (bicyclic) bond motifs is 3. The molecule has 3 rings (SSSR count). The standard InChI is InChI=1S/C18H16FNS/c1-12(11-20)5-4-7-15-16(19)10-9-14-13-6-2-3-8-17(13)21-18(14)15/h2-6,8-11H,7,20H2,1H3/b5-4-,12-11-. The Hall–Kier alpha value is -2.13. The van der Waals surface area contributed by atoms with E-state index in [9.17, 15) is 4.39 Å². The first kappa shape index (κ1) is 13.8. The summed E-state index contributed by atoms with van der Waals surface area (Å²) in [4.78, 5) is 0. The molecule has 3 heteroatoms. The van der Waals surface area contributed by atoms with Crippen molar-refractivity contribution in [3.05, 3.63) is 71.7 Å². The first-order valence-corrected chi connectivity index (χ1v) is 7.66. The van der Waals surface area contributed by atoms with Gasteiger partial charge in [0.05, 0.1) is 0 Å². The van der Waals surface area contributed by atoms with Crippen LogP contribution in [0.1, 0.15) is 12.5 Å². The van der Waals surface area contributed by atoms with E-state index in [0.717, 1.165) is 21.2 Å². The van der Waals surface area contributed by atoms with E-state index in [1.165, 1.54) is 10.1 Å². The molecule has 3 aromatic rings. The van der Waals surface area contributed by atoms with Crippen LogP contribution in [0, 0.1) is 5.82 Å². The van der Waals surface area contributed by atoms with Crippen LogP contribution in [-0.4, -0.2) is 0 Å². The van der Waals surface area contributed by atoms with Crippen LogP contribution in [0.3, 0.4) is 0 Å². The minimum atomic E-state index is -0.145. The molecular formula is C18H16FNS. The highest BCUT2D eigenvalue weighted by Crippen LogP contribution is 2.36. The Balaban J connectivity index is 2.12. The Morgan fingerprint density at radius 1 is 1.19 bits per heavy atom. The summed E-state index contributed by atoms with van der Waals surface area (Å²) in [5, 5.41) is 2.33. The first-order valence-electron chi connectivity index (χ1n) is 6.84. The van der Waals surface area contributed by atoms with Crippen molar-refractivity contribution in [1.29, 1.82) is 0 Å². The second kappa shape index (κ2) is 5.70. The van der Waals surface area contributed by atoms with Gasteiger partial charge in [0.1, 0.15) is 5.82 Å². The zero-order chi connectivity index (χ0) is 14.8. The molecule has 0 radical (unpaired) electrons. The van der Waals surface area contributed by atoms with Crippen LogP contribution in [-0.2, 0) is 6.42 Å². The molecule has 0 bridgehead atoms. The van der Waals surface area contributed by atoms with E-state index in [4.69, 9.17) is 5.73 Å². The van der Waals surface area contributed by atoms with E-state index < -0.39 is 0 Å². The van der Waals surface area contributed by atoms with Crippen molar-refractivity contribution in [2.45, 2.75) is 13.3 Å². The molecule has 0 fully saturated rings. The smallest absolute Gasteiger partial charge is 0.128 e. The van der Waals surface area contributed by atoms with Crippen LogP contribution in [0.4, 0.5) is 4.39 Å². The van der Waals surface area contributed by atoms with Crippen molar-refractivity contribution in [3.8, 4) is 0 Å². The van der Waals surface area contributed by atoms with Gasteiger partial charge in [-0.05, 0) is 43.3 Å². The summed E-state index contributed by atoms with van der Waals surface area (Å²) in [6, 6.07) is 11.7. The molecule has 21 heavy (non-hydrogen) atoms. The summed E-state index contributed by atoms with van der Waals surface area (Å²) in [5.74, 6) is -0.145. The molecule has 0 aliphatic heterocycles. The summed E-state index contributed by atoms with van der Waals surface area (Å²) in [5.41, 5.74) is 7.17. The predicted octanol–water partition coefficient (Wildman–Crippen LogP) is 5.15. The molecule has 0 saturated heterocycles. The molecule has 0 aliphatic carbocycles. The molecule has 106 valence electrons. The van der Waals surface area contributed by atoms with Crippen molar-refractivity contribution in [1.82, 2.24) is 0 Å². The van der Waals surface area contributed by atoms with E-state index in [1.807, 2.05) is 37.3 Å². The van der Waals surface area contributed by atoms with Crippen LogP contribution in [0.2, 0.25) is 0 Å². The quantitative estimate of drug-likeness (QED) is 0.664. The number of halogens is 1. The van der Waals surface area contributed by atoms with Gasteiger partial charge in [0.2, 0.25) is 0 Å². The van der Waals surface area contributed by atoms with Gasteiger partial charge >= 0.3 is 0 Å². The minimum Gasteiger partial charge on any atom is -0.404 e. The van der Waals surface area contributed by atoms with Crippen LogP contribution in [0.15, 0.2) is 60.3 Å². The average Bonchev–Trinajstić information content (AvgIpc) is 2.88. The van der Waals surface area contributed by atoms with Crippen molar-refractivity contribution >= 4 is 31.5 Å². The van der Waals surface area contributed by atoms with Gasteiger partial charge in [-0.2, -0.15) is 0 Å². The van der Waals surface area contributed by atoms with Crippen LogP contribution >= 0.6 is 11.3 Å². The van der Waals surface area contributed by atoms with Gasteiger partial charge in [-0.15, -0.1) is 11.3 Å². The predicted molar refractivity (Wildman–Crippen MR) is 90.1 cm³/mol. The fourth-order valence-electron chi connectivity index (χ4n) is 2.43. The maximum absolute atomic E-state index is 14.2. The number of hydrogen-bond acceptors (Lipinski definition) is 2. The van der Waals surface area contributed by atoms with Crippen LogP contribution in [0.25, 0.3) is 20.2 Å². The van der Waals surface area contributed by atoms with Crippen molar-refractivity contribution < 1.29 is 4.39 Å². The highest BCUT2D eigenvalue weighted by molar-refractivity contribution is 7.26. The number of nitrogens with two attached hydrogens (primary N) is 1. The van der Waals surface area contributed by atoms with Crippen molar-refractivity contribution in [2.24, 2.45) is 5.73 Å². The average molecular weight is 297 g/mol. The minimum absolute atomic E-state index is 0.145. The Labute approximate surface area is 127 Å². The van der Waals surface area contributed by atoms with Crippen molar-refractivity contribution in [2.75, 3.05) is 0 Å². The third-order valence-corrected chi connectivity index (χ3v) is 4.80. The lowest BCUT2D eigenvalue weighted by Crippen LogP contribution is -1.88. The fourth-order valence-corrected chi connectivity index (χ4v) is 3.68. The van der Waals surface area contributed by atoms with E-state index in [2.05, 4.69) is 12.1 Å². The molecule has 1 aromatic heterocycles. The molecule has 2 N–H and O–H groups in total. The third kappa shape index (κ3) is 2.57. The van der Waals surface area contributed by atoms with Gasteiger partial charge in [0.25, 0.3) is 0 Å². The summed E-state index contributed by atoms with van der Waals surface area (Å²) in [6.45, 7) is 1.92. The highest BCUT2D eigenvalue weighted by atomic mass is 32.1. The van der Waals surface area contributed by atoms with E-state index in [0.29, 0.717) is 6.42 Å². The number of allylic oxidation sites excluding steroid dienone is 3. The summed E-state index contributed by atoms with van der Waals surface area (Å²) >= 11 is 1.65. The molecule has 0 amide bonds. The molecule has 1 heterocycles. The molecule has 0 atom stereocenters. The zero-order valence-corrected chi connectivity index (χ0v) is 12.6. The largest absolute Gasteiger partial charge is 0.404 e. The highest BCUT2D eigenvalue weighted by Gasteiger charge is 2.11. The lowest BCUT2D eigenvalue weighted by Gasteiger charge is -2.02. The zero-order valence-electron chi connectivity index (χ0n) is 11.8. The third-order valence-electron chi connectivity index (χ3n) is 3.56. The van der Waals surface area contributed by atoms with Gasteiger partial charge < -0.3 is 5.73 Å². The van der Waals surface area contributed by atoms with E-state index in [-0.39, 0.29) is 5.82 Å². The number of benzene rings is 2. The Morgan fingerprint density at radius 3 is 2.81 bits per heavy atom. The van der Waals surface area contributed by atoms with Gasteiger partial charge in [0, 0.05) is 25.7 Å². The van der Waals surface area contributed by atoms with Gasteiger partial charge in [-0.1, -0.05) is 30.4 Å². The molecule has 0 spiro atoms. The van der Waals surface area contributed by atoms with E-state index >= 15 is 0 Å². The fraction of sp³-hybridized carbons (Fsp3) is 0.111. The first-order chi connectivity index (χ1) is 10.2. The summed E-state index contributed by atoms with van der Waals surface area (Å²) in [7, 11) is 0. The second-order valence-electron chi connectivity index (χ2n) is 5.02. The molecular weight excluding hydrogens is 281 g/mol. The van der Waals surface area contributed by atoms with E-state index in [1.54, 1.807) is 23.6 Å². The van der Waals surface area contributed by atoms with Gasteiger partial charge in [-0.25, -0.2) is 4.39 Å². The SMILES string of the molecule is CC(/C=C\Cc1c(F)ccc2c1sc1ccccc12)=C/N. The molecule has 0 aliphatic rings. The summed E-state index contributed by atoms with van der Waals surface area (Å²) in [6.07, 6.45) is 6.00. The lowest BCUT2D eigenvalue weighted by atomic mass is 10.1. The normalized spacial score (nSPS) is 12.8. The molecule has 2 aromatic carbocycles. The monoisotopic (exact) mass is 297 g/mol. The lowest BCUT2D eigenvalue weighted by molar-refractivity contribution is 0.618. The Morgan fingerprint density at radius 2 is 2.00 bits per heavy atom. The summed E-state index contributed by atoms with van der Waals surface area (Å²) < 4.78 is 16.4. The van der Waals surface area contributed by atoms with Gasteiger partial charge in [-0.3, -0.25) is 0 Å². The number of hydrogen-bond donors (Lipinski definition) is 1. The maximum atomic E-state index is 14.2. The van der Waals surface area contributed by atoms with Gasteiger partial charge in [0.15, 0.2) is 0 Å². The number of thiophene rings is 1. The molecule has 0 saturated carbocycles. The van der Waals surface area contributed by atoms with Crippen LogP contribution < -0.4 is 5.73 Å². The topological polar surface area (TPSA) is 26.0 Å². The van der Waals surface area contributed by atoms with Crippen molar-refractivity contribution in [3.63, 3.8) is 0 Å². The van der Waals surface area contributed by atoms with Crippen LogP contribution in [0.5, 0.6) is 0 Å². The molecule has 1 nitrogen and oxygen atoms in total. The Bertz CT molecular complexity index is 858. The second-order valence-corrected chi connectivity index (χ2v) is 6.07. The molecule has 0 unspecified atom stereocenters. The Kier molecular flexibility index (Phi) is 3.76. The number of rotatable bonds is 3.